The van der Waals surface area contributed by atoms with Crippen molar-refractivity contribution < 1.29 is 14.3 Å². The molecule has 2 N–H and O–H groups in total. The molecule has 1 aliphatic carbocycles. The van der Waals surface area contributed by atoms with Crippen LogP contribution in [0.1, 0.15) is 29.6 Å². The van der Waals surface area contributed by atoms with Gasteiger partial charge in [-0.15, -0.1) is 4.91 Å². The molecule has 2 aliphatic rings. The fraction of sp³-hybridized carbons (Fsp3) is 0.250. The number of β-amino-alcohol motifs (C(OH)–C–C–N with tert-alkyl or cyclic N) is 1. The molecule has 0 radical (unpaired) electrons. The Balaban J connectivity index is 1.42. The van der Waals surface area contributed by atoms with E-state index in [0.29, 0.717) is 51.9 Å². The molecular weight excluding hydrogens is 509 g/mol. The highest BCUT2D eigenvalue weighted by atomic mass is 35.5. The predicted octanol–water partition coefficient (Wildman–Crippen LogP) is 6.39. The van der Waals surface area contributed by atoms with E-state index in [1.165, 1.54) is 12.1 Å². The SMILES string of the molecule is O=Nc1c(F)cc(-c2ccc3ncc(C(=O)C4CC4)c(Nc4ccc(N5CCC(O)C5)nc4)c3c2)cc1Cl. The molecule has 2 aromatic heterocycles. The third-order valence-electron chi connectivity index (χ3n) is 7.03. The summed E-state index contributed by atoms with van der Waals surface area (Å²) in [6.45, 7) is 1.29. The number of Topliss-reactive ketones (excluding diaryl/α,β-unsaturated/α-hetero) is 1. The first kappa shape index (κ1) is 24.4. The second-order valence-electron chi connectivity index (χ2n) is 9.72. The van der Waals surface area contributed by atoms with Crippen LogP contribution in [0.5, 0.6) is 0 Å². The van der Waals surface area contributed by atoms with E-state index in [1.807, 2.05) is 23.1 Å². The molecule has 4 aromatic rings. The van der Waals surface area contributed by atoms with Crippen LogP contribution in [-0.4, -0.2) is 40.1 Å². The summed E-state index contributed by atoms with van der Waals surface area (Å²) in [4.78, 5) is 35.2. The average molecular weight is 532 g/mol. The maximum absolute atomic E-state index is 14.4. The van der Waals surface area contributed by atoms with E-state index in [4.69, 9.17) is 11.6 Å². The molecule has 1 saturated heterocycles. The molecule has 2 fully saturated rings. The number of hydrogen-bond donors (Lipinski definition) is 2. The number of rotatable bonds is 7. The van der Waals surface area contributed by atoms with Gasteiger partial charge in [0.2, 0.25) is 0 Å². The zero-order chi connectivity index (χ0) is 26.4. The summed E-state index contributed by atoms with van der Waals surface area (Å²) in [5.41, 5.74) is 3.08. The Morgan fingerprint density at radius 1 is 1.08 bits per heavy atom. The van der Waals surface area contributed by atoms with Crippen molar-refractivity contribution in [1.82, 2.24) is 9.97 Å². The van der Waals surface area contributed by atoms with Crippen molar-refractivity contribution in [3.63, 3.8) is 0 Å². The second-order valence-corrected chi connectivity index (χ2v) is 10.1. The van der Waals surface area contributed by atoms with Gasteiger partial charge < -0.3 is 15.3 Å². The molecule has 1 aliphatic heterocycles. The summed E-state index contributed by atoms with van der Waals surface area (Å²) in [6, 6.07) is 11.8. The number of hydrogen-bond acceptors (Lipinski definition) is 8. The minimum Gasteiger partial charge on any atom is -0.391 e. The summed E-state index contributed by atoms with van der Waals surface area (Å²) < 4.78 is 14.4. The number of nitrogens with zero attached hydrogens (tertiary/aromatic N) is 4. The van der Waals surface area contributed by atoms with Crippen molar-refractivity contribution in [1.29, 1.82) is 0 Å². The van der Waals surface area contributed by atoms with Crippen molar-refractivity contribution in [3.8, 4) is 11.1 Å². The predicted molar refractivity (Wildman–Crippen MR) is 145 cm³/mol. The summed E-state index contributed by atoms with van der Waals surface area (Å²) in [5, 5.41) is 16.5. The summed E-state index contributed by atoms with van der Waals surface area (Å²) in [5.74, 6) is -0.0290. The number of ketones is 1. The number of aromatic nitrogens is 2. The van der Waals surface area contributed by atoms with Gasteiger partial charge >= 0.3 is 0 Å². The number of fused-ring (bicyclic) bond motifs is 1. The fourth-order valence-electron chi connectivity index (χ4n) is 4.82. The Morgan fingerprint density at radius 3 is 2.58 bits per heavy atom. The molecule has 0 bridgehead atoms. The molecule has 38 heavy (non-hydrogen) atoms. The summed E-state index contributed by atoms with van der Waals surface area (Å²) in [7, 11) is 0. The van der Waals surface area contributed by atoms with Crippen molar-refractivity contribution in [3.05, 3.63) is 76.2 Å². The van der Waals surface area contributed by atoms with Crippen molar-refractivity contribution >= 4 is 51.2 Å². The molecule has 1 unspecified atom stereocenters. The molecule has 2 aromatic carbocycles. The van der Waals surface area contributed by atoms with E-state index in [1.54, 1.807) is 24.5 Å². The lowest BCUT2D eigenvalue weighted by atomic mass is 9.98. The van der Waals surface area contributed by atoms with Gasteiger partial charge in [0.1, 0.15) is 5.82 Å². The van der Waals surface area contributed by atoms with Gasteiger partial charge in [0, 0.05) is 30.6 Å². The molecule has 8 nitrogen and oxygen atoms in total. The minimum absolute atomic E-state index is 0.0173. The molecule has 6 rings (SSSR count). The highest BCUT2D eigenvalue weighted by Crippen LogP contribution is 2.40. The number of nitroso groups, excluding NO2 is 1. The van der Waals surface area contributed by atoms with E-state index < -0.39 is 11.5 Å². The van der Waals surface area contributed by atoms with Crippen LogP contribution < -0.4 is 10.2 Å². The number of halogens is 2. The molecule has 3 heterocycles. The zero-order valence-corrected chi connectivity index (χ0v) is 21.0. The standard InChI is InChI=1S/C28H23ClFN5O3/c29-22-10-17(11-23(30)27(22)34-38)16-3-5-24-20(9-16)26(21(13-31-24)28(37)15-1-2-15)33-18-4-6-25(32-12-18)35-8-7-19(36)14-35/h3-6,9-13,15,19,36H,1-2,7-8,14H2,(H,31,33). The van der Waals surface area contributed by atoms with Gasteiger partial charge in [-0.3, -0.25) is 9.78 Å². The number of carbonyl (C=O) groups excluding carboxylic acids is 1. The van der Waals surface area contributed by atoms with E-state index in [-0.39, 0.29) is 22.8 Å². The molecule has 10 heteroatoms. The van der Waals surface area contributed by atoms with Gasteiger partial charge in [-0.1, -0.05) is 17.7 Å². The van der Waals surface area contributed by atoms with Crippen molar-refractivity contribution in [2.45, 2.75) is 25.4 Å². The average Bonchev–Trinajstić information content (AvgIpc) is 3.68. The molecule has 0 amide bonds. The third-order valence-corrected chi connectivity index (χ3v) is 7.32. The number of benzene rings is 2. The number of aliphatic hydroxyl groups is 1. The lowest BCUT2D eigenvalue weighted by Crippen LogP contribution is -2.22. The molecular formula is C28H23ClFN5O3. The van der Waals surface area contributed by atoms with Crippen LogP contribution in [0.15, 0.2) is 60.0 Å². The lowest BCUT2D eigenvalue weighted by molar-refractivity contribution is 0.0968. The third kappa shape index (κ3) is 4.59. The van der Waals surface area contributed by atoms with Crippen molar-refractivity contribution in [2.75, 3.05) is 23.3 Å². The first-order chi connectivity index (χ1) is 18.4. The number of anilines is 3. The molecule has 0 spiro atoms. The first-order valence-electron chi connectivity index (χ1n) is 12.4. The quantitative estimate of drug-likeness (QED) is 0.210. The Kier molecular flexibility index (Phi) is 6.25. The van der Waals surface area contributed by atoms with Gasteiger partial charge in [-0.25, -0.2) is 9.37 Å². The fourth-order valence-corrected chi connectivity index (χ4v) is 5.06. The van der Waals surface area contributed by atoms with Gasteiger partial charge in [-0.2, -0.15) is 0 Å². The second kappa shape index (κ2) is 9.74. The van der Waals surface area contributed by atoms with Crippen LogP contribution in [0, 0.1) is 16.6 Å². The van der Waals surface area contributed by atoms with Gasteiger partial charge in [-0.05, 0) is 72.0 Å². The molecule has 1 atom stereocenters. The Hall–Kier alpha value is -3.95. The van der Waals surface area contributed by atoms with Crippen molar-refractivity contribution in [2.24, 2.45) is 11.1 Å². The zero-order valence-electron chi connectivity index (χ0n) is 20.2. The maximum atomic E-state index is 14.4. The number of aliphatic hydroxyl groups excluding tert-OH is 1. The van der Waals surface area contributed by atoms with E-state index in [0.717, 1.165) is 25.2 Å². The van der Waals surface area contributed by atoms with Crippen LogP contribution >= 0.6 is 11.6 Å². The number of carbonyl (C=O) groups is 1. The summed E-state index contributed by atoms with van der Waals surface area (Å²) >= 11 is 6.09. The topological polar surface area (TPSA) is 108 Å². The number of nitrogens with one attached hydrogen (secondary N) is 1. The van der Waals surface area contributed by atoms with Crippen LogP contribution in [0.3, 0.4) is 0 Å². The van der Waals surface area contributed by atoms with E-state index in [2.05, 4.69) is 20.5 Å². The van der Waals surface area contributed by atoms with Gasteiger partial charge in [0.05, 0.1) is 39.8 Å². The largest absolute Gasteiger partial charge is 0.391 e. The highest BCUT2D eigenvalue weighted by molar-refractivity contribution is 6.33. The maximum Gasteiger partial charge on any atom is 0.169 e. The van der Waals surface area contributed by atoms with Crippen LogP contribution in [0.25, 0.3) is 22.0 Å². The Labute approximate surface area is 222 Å². The lowest BCUT2D eigenvalue weighted by Gasteiger charge is -2.18. The Morgan fingerprint density at radius 2 is 1.92 bits per heavy atom. The first-order valence-corrected chi connectivity index (χ1v) is 12.7. The molecule has 1 saturated carbocycles. The smallest absolute Gasteiger partial charge is 0.169 e. The van der Waals surface area contributed by atoms with Crippen LogP contribution in [-0.2, 0) is 0 Å². The van der Waals surface area contributed by atoms with Gasteiger partial charge in [0.15, 0.2) is 17.3 Å². The summed E-state index contributed by atoms with van der Waals surface area (Å²) in [6.07, 6.45) is 5.36. The van der Waals surface area contributed by atoms with E-state index in [9.17, 15) is 19.2 Å². The van der Waals surface area contributed by atoms with Crippen LogP contribution in [0.2, 0.25) is 5.02 Å². The van der Waals surface area contributed by atoms with Gasteiger partial charge in [0.25, 0.3) is 0 Å². The Bertz CT molecular complexity index is 1550. The van der Waals surface area contributed by atoms with E-state index >= 15 is 0 Å². The monoisotopic (exact) mass is 531 g/mol. The minimum atomic E-state index is -0.812. The van der Waals surface area contributed by atoms with Crippen LogP contribution in [0.4, 0.5) is 27.3 Å². The normalized spacial score (nSPS) is 17.1. The highest BCUT2D eigenvalue weighted by Gasteiger charge is 2.32. The number of pyridine rings is 2. The molecule has 192 valence electrons.